The molecule has 0 aliphatic heterocycles. The van der Waals surface area contributed by atoms with Gasteiger partial charge in [-0.15, -0.1) is 0 Å². The van der Waals surface area contributed by atoms with Crippen molar-refractivity contribution in [1.29, 1.82) is 0 Å². The first-order valence-corrected chi connectivity index (χ1v) is 38.4. The van der Waals surface area contributed by atoms with Crippen molar-refractivity contribution in [2.45, 2.75) is 0 Å². The molecule has 0 aliphatic carbocycles. The van der Waals surface area contributed by atoms with Crippen LogP contribution in [0.1, 0.15) is 0 Å². The Morgan fingerprint density at radius 2 is 1.67 bits per heavy atom. The molecule has 0 unspecified atom stereocenters. The first kappa shape index (κ1) is 11.0. The van der Waals surface area contributed by atoms with Crippen molar-refractivity contribution in [2.24, 2.45) is 0 Å². The SMILES string of the molecule is [SiH3][SiH2][SiH2][SiH2][SiH2][SiH2][SiH]([SiH3])[SiH3]. The molecular formula is H20Si9. The molecule has 0 rings (SSSR count). The van der Waals surface area contributed by atoms with Crippen LogP contribution >= 0.6 is 0 Å². The average Bonchev–Trinajstić information content (AvgIpc) is 1.80. The predicted molar refractivity (Wildman–Crippen MR) is 79.7 cm³/mol. The largest absolute Gasteiger partial charge is 0.0120 e. The fraction of sp³-hybridized carbons (Fsp3) is 0. The minimum absolute atomic E-state index is 0.349. The van der Waals surface area contributed by atoms with E-state index in [2.05, 4.69) is 0 Å². The highest BCUT2D eigenvalue weighted by Crippen LogP contribution is 1.59. The van der Waals surface area contributed by atoms with E-state index in [9.17, 15) is 0 Å². The Balaban J connectivity index is 2.75. The Hall–Kier alpha value is 1.95. The van der Waals surface area contributed by atoms with E-state index in [0.29, 0.717) is 7.35 Å². The molecular weight excluding hydrogens is 253 g/mol. The van der Waals surface area contributed by atoms with Crippen molar-refractivity contribution in [2.75, 3.05) is 0 Å². The zero-order valence-corrected chi connectivity index (χ0v) is 21.3. The Morgan fingerprint density at radius 3 is 2.11 bits per heavy atom. The molecule has 0 nitrogen and oxygen atoms in total. The molecule has 0 spiro atoms. The van der Waals surface area contributed by atoms with Crippen LogP contribution < -0.4 is 0 Å². The van der Waals surface area contributed by atoms with E-state index in [1.54, 1.807) is 29.3 Å². The van der Waals surface area contributed by atoms with Gasteiger partial charge in [0.05, 0.1) is 0 Å². The first-order valence-electron chi connectivity index (χ1n) is 4.27. The number of hydrogen-bond acceptors (Lipinski definition) is 0. The molecule has 0 aliphatic rings. The Bertz CT molecular complexity index is 46.0. The molecule has 9 heteroatoms. The summed E-state index contributed by atoms with van der Waals surface area (Å²) in [5.74, 6) is 0. The second-order valence-electron chi connectivity index (χ2n) is 3.24. The van der Waals surface area contributed by atoms with Crippen LogP contribution in [0.2, 0.25) is 0 Å². The number of hydrogen-bond donors (Lipinski definition) is 0. The minimum atomic E-state index is 0.349. The Kier molecular flexibility index (Phi) is 9.80. The monoisotopic (exact) mass is 272 g/mol. The highest BCUT2D eigenvalue weighted by Gasteiger charge is 1.96. The lowest BCUT2D eigenvalue weighted by molar-refractivity contribution is 3.79. The summed E-state index contributed by atoms with van der Waals surface area (Å²) in [6.07, 6.45) is 0. The summed E-state index contributed by atoms with van der Waals surface area (Å²) in [5.41, 5.74) is 0. The molecule has 0 saturated heterocycles. The second-order valence-corrected chi connectivity index (χ2v) is 87.6. The third-order valence-electron chi connectivity index (χ3n) is 1.64. The molecule has 0 saturated carbocycles. The predicted octanol–water partition coefficient (Wildman–Crippen LogP) is -8.78. The van der Waals surface area contributed by atoms with Crippen LogP contribution in [0.15, 0.2) is 0 Å². The molecule has 0 heterocycles. The van der Waals surface area contributed by atoms with Crippen molar-refractivity contribution in [3.63, 3.8) is 0 Å². The van der Waals surface area contributed by atoms with Gasteiger partial charge in [0.25, 0.3) is 0 Å². The highest BCUT2D eigenvalue weighted by molar-refractivity contribution is 7.72. The summed E-state index contributed by atoms with van der Waals surface area (Å²) in [5, 5.41) is 0. The molecule has 9 heavy (non-hydrogen) atoms. The zero-order valence-electron chi connectivity index (χ0n) is 7.11. The quantitative estimate of drug-likeness (QED) is 0.345. The van der Waals surface area contributed by atoms with Gasteiger partial charge in [-0.2, -0.15) is 0 Å². The van der Waals surface area contributed by atoms with Crippen molar-refractivity contribution in [3.05, 3.63) is 0 Å². The van der Waals surface area contributed by atoms with Gasteiger partial charge in [-0.05, 0) is 79.4 Å². The summed E-state index contributed by atoms with van der Waals surface area (Å²) in [6.45, 7) is 0. The second kappa shape index (κ2) is 8.05. The molecule has 56 valence electrons. The maximum absolute atomic E-state index is 1.74. The lowest BCUT2D eigenvalue weighted by atomic mass is 26.1. The maximum Gasteiger partial charge on any atom is -0.00799 e. The summed E-state index contributed by atoms with van der Waals surface area (Å²) >= 11 is 0. The van der Waals surface area contributed by atoms with Gasteiger partial charge in [-0.3, -0.25) is 0 Å². The van der Waals surface area contributed by atoms with Crippen LogP contribution in [0.5, 0.6) is 0 Å². The van der Waals surface area contributed by atoms with Crippen LogP contribution in [0.25, 0.3) is 0 Å². The Morgan fingerprint density at radius 1 is 1.00 bits per heavy atom. The summed E-state index contributed by atoms with van der Waals surface area (Å²) < 4.78 is 0. The zero-order chi connectivity index (χ0) is 7.11. The molecule has 0 aromatic carbocycles. The van der Waals surface area contributed by atoms with Crippen molar-refractivity contribution in [3.8, 4) is 0 Å². The standard InChI is InChI=1S/H20Si9/c1-4-5-6-7-8-9(2)3/h9H,4-8H2,1-3H3. The lowest BCUT2D eigenvalue weighted by Gasteiger charge is -1.97. The molecule has 0 aromatic heterocycles. The van der Waals surface area contributed by atoms with Gasteiger partial charge in [0.15, 0.2) is 0 Å². The maximum atomic E-state index is 1.74. The molecule has 0 fully saturated rings. The topological polar surface area (TPSA) is 0 Å². The molecule has 0 aromatic rings. The van der Waals surface area contributed by atoms with E-state index in [1.165, 1.54) is 0 Å². The lowest BCUT2D eigenvalue weighted by Crippen LogP contribution is -2.34. The molecule has 0 amide bonds. The molecule has 0 N–H and O–H groups in total. The summed E-state index contributed by atoms with van der Waals surface area (Å²) in [7, 11) is 9.83. The van der Waals surface area contributed by atoms with Crippen molar-refractivity contribution >= 4 is 79.4 Å². The first-order chi connectivity index (χ1) is 4.27. The van der Waals surface area contributed by atoms with E-state index in [0.717, 1.165) is 42.8 Å². The van der Waals surface area contributed by atoms with Crippen LogP contribution in [-0.4, -0.2) is 79.4 Å². The van der Waals surface area contributed by atoms with Gasteiger partial charge >= 0.3 is 0 Å². The van der Waals surface area contributed by atoms with Gasteiger partial charge in [0.1, 0.15) is 0 Å². The smallest absolute Gasteiger partial charge is 0.00799 e. The third-order valence-corrected chi connectivity index (χ3v) is 132. The van der Waals surface area contributed by atoms with Gasteiger partial charge in [0.2, 0.25) is 0 Å². The van der Waals surface area contributed by atoms with Crippen LogP contribution in [0.3, 0.4) is 0 Å². The fourth-order valence-electron chi connectivity index (χ4n) is 0.979. The van der Waals surface area contributed by atoms with Gasteiger partial charge in [-0.25, -0.2) is 0 Å². The van der Waals surface area contributed by atoms with E-state index in [-0.39, 0.29) is 0 Å². The van der Waals surface area contributed by atoms with Crippen LogP contribution in [0.4, 0.5) is 0 Å². The average molecular weight is 273 g/mol. The normalized spacial score (nSPS) is 21.3. The van der Waals surface area contributed by atoms with E-state index in [1.807, 2.05) is 0 Å². The van der Waals surface area contributed by atoms with E-state index < -0.39 is 0 Å². The summed E-state index contributed by atoms with van der Waals surface area (Å²) in [6, 6.07) is 0. The third kappa shape index (κ3) is 9.95. The van der Waals surface area contributed by atoms with Crippen molar-refractivity contribution < 1.29 is 0 Å². The minimum Gasteiger partial charge on any atom is -0.0120 e. The van der Waals surface area contributed by atoms with Crippen molar-refractivity contribution in [1.82, 2.24) is 0 Å². The fourth-order valence-corrected chi connectivity index (χ4v) is 238. The Labute approximate surface area is 79.0 Å². The summed E-state index contributed by atoms with van der Waals surface area (Å²) in [4.78, 5) is 0. The highest BCUT2D eigenvalue weighted by atomic mass is 30.1. The molecule has 0 bridgehead atoms. The van der Waals surface area contributed by atoms with Gasteiger partial charge in [0, 0.05) is 0 Å². The van der Waals surface area contributed by atoms with Gasteiger partial charge < -0.3 is 0 Å². The van der Waals surface area contributed by atoms with E-state index in [4.69, 9.17) is 0 Å². The van der Waals surface area contributed by atoms with Crippen LogP contribution in [-0.2, 0) is 0 Å². The van der Waals surface area contributed by atoms with Gasteiger partial charge in [-0.1, -0.05) is 0 Å². The molecule has 0 radical (unpaired) electrons. The number of rotatable bonds is 5. The van der Waals surface area contributed by atoms with E-state index >= 15 is 0 Å². The van der Waals surface area contributed by atoms with Crippen LogP contribution in [0, 0.1) is 0 Å². The molecule has 0 atom stereocenters.